The molecule has 0 aliphatic heterocycles. The van der Waals surface area contributed by atoms with Gasteiger partial charge in [-0.2, -0.15) is 0 Å². The van der Waals surface area contributed by atoms with E-state index in [4.69, 9.17) is 0 Å². The quantitative estimate of drug-likeness (QED) is 0.797. The smallest absolute Gasteiger partial charge is 0.299 e. The first-order valence-corrected chi connectivity index (χ1v) is 6.20. The minimum Gasteiger partial charge on any atom is -0.299 e. The normalized spacial score (nSPS) is 11.8. The van der Waals surface area contributed by atoms with Crippen molar-refractivity contribution in [3.63, 3.8) is 0 Å². The lowest BCUT2D eigenvalue weighted by Gasteiger charge is -2.17. The summed E-state index contributed by atoms with van der Waals surface area (Å²) >= 11 is 0. The molecule has 1 aromatic heterocycles. The lowest BCUT2D eigenvalue weighted by Crippen LogP contribution is -2.25. The Bertz CT molecular complexity index is 585. The molecule has 2 aromatic rings. The van der Waals surface area contributed by atoms with E-state index in [1.807, 2.05) is 43.6 Å². The second-order valence-electron chi connectivity index (χ2n) is 5.72. The molecule has 0 N–H and O–H groups in total. The summed E-state index contributed by atoms with van der Waals surface area (Å²) in [6.07, 6.45) is 1.97. The number of hydrogen-bond acceptors (Lipinski definition) is 1. The maximum Gasteiger partial charge on any atom is 0.328 e. The molecule has 0 radical (unpaired) electrons. The lowest BCUT2D eigenvalue weighted by molar-refractivity contribution is 0.539. The Labute approximate surface area is 108 Å². The molecule has 96 valence electrons. The van der Waals surface area contributed by atoms with Crippen LogP contribution in [0.4, 0.5) is 0 Å². The maximum atomic E-state index is 12.2. The number of nitrogens with zero attached hydrogens (tertiary/aromatic N) is 2. The molecule has 0 bridgehead atoms. The van der Waals surface area contributed by atoms with Crippen LogP contribution in [-0.4, -0.2) is 9.13 Å². The van der Waals surface area contributed by atoms with Gasteiger partial charge in [0.2, 0.25) is 0 Å². The summed E-state index contributed by atoms with van der Waals surface area (Å²) in [6.45, 7) is 6.99. The standard InChI is InChI=1S/C15H20N2O/c1-15(2,3)13-11-17(14(18)16(13)4)10-12-8-6-5-7-9-12/h5-9,11H,10H2,1-4H3. The molecule has 1 heterocycles. The minimum absolute atomic E-state index is 0.0180. The van der Waals surface area contributed by atoms with Crippen LogP contribution in [0.3, 0.4) is 0 Å². The molecule has 18 heavy (non-hydrogen) atoms. The zero-order valence-electron chi connectivity index (χ0n) is 11.5. The van der Waals surface area contributed by atoms with Crippen LogP contribution in [0.5, 0.6) is 0 Å². The number of hydrogen-bond donors (Lipinski definition) is 0. The molecule has 3 heteroatoms. The third-order valence-electron chi connectivity index (χ3n) is 3.14. The first-order chi connectivity index (χ1) is 8.39. The number of imidazole rings is 1. The molecule has 2 rings (SSSR count). The topological polar surface area (TPSA) is 26.9 Å². The van der Waals surface area contributed by atoms with E-state index < -0.39 is 0 Å². The second kappa shape index (κ2) is 4.48. The Balaban J connectivity index is 2.39. The lowest BCUT2D eigenvalue weighted by atomic mass is 9.93. The van der Waals surface area contributed by atoms with E-state index in [1.54, 1.807) is 9.13 Å². The zero-order chi connectivity index (χ0) is 13.3. The van der Waals surface area contributed by atoms with E-state index in [9.17, 15) is 4.79 Å². The molecular formula is C15H20N2O. The van der Waals surface area contributed by atoms with Gasteiger partial charge < -0.3 is 0 Å². The monoisotopic (exact) mass is 244 g/mol. The van der Waals surface area contributed by atoms with E-state index >= 15 is 0 Å². The first kappa shape index (κ1) is 12.7. The highest BCUT2D eigenvalue weighted by atomic mass is 16.1. The highest BCUT2D eigenvalue weighted by molar-refractivity contribution is 5.17. The third-order valence-corrected chi connectivity index (χ3v) is 3.14. The van der Waals surface area contributed by atoms with Gasteiger partial charge in [0.25, 0.3) is 0 Å². The van der Waals surface area contributed by atoms with Gasteiger partial charge in [0.05, 0.1) is 6.54 Å². The molecule has 3 nitrogen and oxygen atoms in total. The van der Waals surface area contributed by atoms with Crippen LogP contribution in [-0.2, 0) is 19.0 Å². The molecule has 0 aliphatic rings. The van der Waals surface area contributed by atoms with Gasteiger partial charge in [0.1, 0.15) is 0 Å². The van der Waals surface area contributed by atoms with Gasteiger partial charge in [-0.25, -0.2) is 4.79 Å². The summed E-state index contributed by atoms with van der Waals surface area (Å²) in [7, 11) is 1.84. The SMILES string of the molecule is Cn1c(C(C)(C)C)cn(Cc2ccccc2)c1=O. The van der Waals surface area contributed by atoms with Crippen molar-refractivity contribution in [2.45, 2.75) is 32.7 Å². The summed E-state index contributed by atoms with van der Waals surface area (Å²) in [5.74, 6) is 0. The Morgan fingerprint density at radius 3 is 2.22 bits per heavy atom. The van der Waals surface area contributed by atoms with Gasteiger partial charge in [-0.05, 0) is 5.56 Å². The molecule has 0 aliphatic carbocycles. The van der Waals surface area contributed by atoms with Gasteiger partial charge in [-0.15, -0.1) is 0 Å². The van der Waals surface area contributed by atoms with Gasteiger partial charge in [0, 0.05) is 24.4 Å². The van der Waals surface area contributed by atoms with Crippen molar-refractivity contribution < 1.29 is 0 Å². The first-order valence-electron chi connectivity index (χ1n) is 6.20. The van der Waals surface area contributed by atoms with Crippen LogP contribution in [0.1, 0.15) is 32.0 Å². The van der Waals surface area contributed by atoms with Crippen molar-refractivity contribution in [2.75, 3.05) is 0 Å². The molecule has 0 fully saturated rings. The predicted molar refractivity (Wildman–Crippen MR) is 73.9 cm³/mol. The van der Waals surface area contributed by atoms with Gasteiger partial charge >= 0.3 is 5.69 Å². The predicted octanol–water partition coefficient (Wildman–Crippen LogP) is 2.53. The Kier molecular flexibility index (Phi) is 3.16. The van der Waals surface area contributed by atoms with Crippen LogP contribution >= 0.6 is 0 Å². The maximum absolute atomic E-state index is 12.2. The molecule has 0 spiro atoms. The van der Waals surface area contributed by atoms with E-state index in [-0.39, 0.29) is 11.1 Å². The Morgan fingerprint density at radius 2 is 1.72 bits per heavy atom. The molecule has 1 aromatic carbocycles. The highest BCUT2D eigenvalue weighted by Gasteiger charge is 2.20. The van der Waals surface area contributed by atoms with Gasteiger partial charge in [0.15, 0.2) is 0 Å². The largest absolute Gasteiger partial charge is 0.328 e. The zero-order valence-corrected chi connectivity index (χ0v) is 11.5. The van der Waals surface area contributed by atoms with Crippen molar-refractivity contribution in [3.8, 4) is 0 Å². The molecule has 0 atom stereocenters. The number of rotatable bonds is 2. The van der Waals surface area contributed by atoms with Crippen molar-refractivity contribution in [3.05, 3.63) is 58.3 Å². The average Bonchev–Trinajstić information content (AvgIpc) is 2.58. The van der Waals surface area contributed by atoms with Crippen LogP contribution < -0.4 is 5.69 Å². The van der Waals surface area contributed by atoms with E-state index in [1.165, 1.54) is 0 Å². The van der Waals surface area contributed by atoms with E-state index in [0.717, 1.165) is 11.3 Å². The van der Waals surface area contributed by atoms with Gasteiger partial charge in [-0.1, -0.05) is 51.1 Å². The minimum atomic E-state index is -0.0180. The molecule has 0 unspecified atom stereocenters. The van der Waals surface area contributed by atoms with E-state index in [2.05, 4.69) is 20.8 Å². The van der Waals surface area contributed by atoms with Crippen molar-refractivity contribution in [1.82, 2.24) is 9.13 Å². The molecular weight excluding hydrogens is 224 g/mol. The molecule has 0 saturated heterocycles. The van der Waals surface area contributed by atoms with Crippen molar-refractivity contribution in [2.24, 2.45) is 7.05 Å². The number of benzene rings is 1. The van der Waals surface area contributed by atoms with Crippen LogP contribution in [0.15, 0.2) is 41.3 Å². The van der Waals surface area contributed by atoms with Gasteiger partial charge in [-0.3, -0.25) is 9.13 Å². The Hall–Kier alpha value is -1.77. The summed E-state index contributed by atoms with van der Waals surface area (Å²) in [6, 6.07) is 10.0. The van der Waals surface area contributed by atoms with Crippen LogP contribution in [0.2, 0.25) is 0 Å². The van der Waals surface area contributed by atoms with E-state index in [0.29, 0.717) is 6.54 Å². The number of aromatic nitrogens is 2. The molecule has 0 saturated carbocycles. The van der Waals surface area contributed by atoms with Crippen molar-refractivity contribution >= 4 is 0 Å². The Morgan fingerprint density at radius 1 is 1.11 bits per heavy atom. The average molecular weight is 244 g/mol. The summed E-state index contributed by atoms with van der Waals surface area (Å²) < 4.78 is 3.51. The van der Waals surface area contributed by atoms with Crippen LogP contribution in [0.25, 0.3) is 0 Å². The fourth-order valence-electron chi connectivity index (χ4n) is 2.18. The summed E-state index contributed by atoms with van der Waals surface area (Å²) in [5.41, 5.74) is 2.23. The fraction of sp³-hybridized carbons (Fsp3) is 0.400. The highest BCUT2D eigenvalue weighted by Crippen LogP contribution is 2.20. The van der Waals surface area contributed by atoms with Crippen molar-refractivity contribution in [1.29, 1.82) is 0 Å². The second-order valence-corrected chi connectivity index (χ2v) is 5.72. The fourth-order valence-corrected chi connectivity index (χ4v) is 2.18. The third kappa shape index (κ3) is 2.40. The van der Waals surface area contributed by atoms with Crippen LogP contribution in [0, 0.1) is 0 Å². The molecule has 0 amide bonds. The summed E-state index contributed by atoms with van der Waals surface area (Å²) in [4.78, 5) is 12.2. The summed E-state index contributed by atoms with van der Waals surface area (Å²) in [5, 5.41) is 0.